The number of hydrogen-bond acceptors (Lipinski definition) is 8. The van der Waals surface area contributed by atoms with E-state index in [1.54, 1.807) is 0 Å². The molecule has 28 heavy (non-hydrogen) atoms. The molecule has 0 radical (unpaired) electrons. The molecule has 0 rings (SSSR count). The first-order valence-electron chi connectivity index (χ1n) is 8.57. The fraction of sp³-hybridized carbons (Fsp3) is 0.688. The Morgan fingerprint density at radius 2 is 1.39 bits per heavy atom. The van der Waals surface area contributed by atoms with E-state index >= 15 is 0 Å². The number of nitrogens with one attached hydrogen (secondary N) is 2. The van der Waals surface area contributed by atoms with Gasteiger partial charge in [0.15, 0.2) is 0 Å². The van der Waals surface area contributed by atoms with Crippen LogP contribution in [-0.2, 0) is 33.4 Å². The lowest BCUT2D eigenvalue weighted by Gasteiger charge is -2.08. The van der Waals surface area contributed by atoms with Crippen molar-refractivity contribution < 1.29 is 43.7 Å². The average Bonchev–Trinajstić information content (AvgIpc) is 2.64. The summed E-state index contributed by atoms with van der Waals surface area (Å²) in [6, 6.07) is 0. The summed E-state index contributed by atoms with van der Waals surface area (Å²) in [5.74, 6) is -2.99. The molecular formula is C16H26N2O9S. The normalized spacial score (nSPS) is 10.3. The van der Waals surface area contributed by atoms with Gasteiger partial charge in [-0.2, -0.15) is 11.8 Å². The van der Waals surface area contributed by atoms with Crippen LogP contribution in [0.3, 0.4) is 0 Å². The lowest BCUT2D eigenvalue weighted by Crippen LogP contribution is -2.38. The molecule has 160 valence electrons. The third-order valence-electron chi connectivity index (χ3n) is 3.03. The summed E-state index contributed by atoms with van der Waals surface area (Å²) in [6.07, 6.45) is 0.0597. The molecule has 0 aliphatic heterocycles. The maximum atomic E-state index is 11.5. The monoisotopic (exact) mass is 422 g/mol. The Bertz CT molecular complexity index is 528. The highest BCUT2D eigenvalue weighted by Gasteiger charge is 2.10. The standard InChI is InChI=1S/C16H26N2O9S/c19-12(16(24)25)1-5-26-7-8-27-6-4-17-14(21)11-18-13(20)2-9-28-10-3-15(22)23/h1-11H2,(H,17,21)(H,18,20)(H,22,23)(H,24,25). The van der Waals surface area contributed by atoms with Gasteiger partial charge in [-0.25, -0.2) is 4.79 Å². The maximum Gasteiger partial charge on any atom is 0.372 e. The smallest absolute Gasteiger partial charge is 0.372 e. The molecule has 0 saturated heterocycles. The number of thioether (sulfide) groups is 1. The molecule has 0 aliphatic rings. The van der Waals surface area contributed by atoms with Gasteiger partial charge in [-0.05, 0) is 0 Å². The van der Waals surface area contributed by atoms with E-state index in [4.69, 9.17) is 19.7 Å². The van der Waals surface area contributed by atoms with Crippen LogP contribution in [-0.4, -0.2) is 90.8 Å². The third kappa shape index (κ3) is 17.2. The number of carbonyl (C=O) groups is 5. The first kappa shape index (κ1) is 25.8. The van der Waals surface area contributed by atoms with Gasteiger partial charge in [0, 0.05) is 30.9 Å². The predicted octanol–water partition coefficient (Wildman–Crippen LogP) is -1.11. The topological polar surface area (TPSA) is 168 Å². The van der Waals surface area contributed by atoms with Crippen molar-refractivity contribution in [1.82, 2.24) is 10.6 Å². The molecule has 0 unspecified atom stereocenters. The van der Waals surface area contributed by atoms with Gasteiger partial charge in [0.1, 0.15) is 0 Å². The first-order valence-corrected chi connectivity index (χ1v) is 9.73. The average molecular weight is 422 g/mol. The van der Waals surface area contributed by atoms with Crippen molar-refractivity contribution in [3.63, 3.8) is 0 Å². The zero-order valence-electron chi connectivity index (χ0n) is 15.4. The summed E-state index contributed by atoms with van der Waals surface area (Å²) in [5.41, 5.74) is 0. The maximum absolute atomic E-state index is 11.5. The minimum Gasteiger partial charge on any atom is -0.481 e. The number of carbonyl (C=O) groups excluding carboxylic acids is 3. The highest BCUT2D eigenvalue weighted by Crippen LogP contribution is 2.04. The quantitative estimate of drug-likeness (QED) is 0.157. The van der Waals surface area contributed by atoms with Gasteiger partial charge in [0.25, 0.3) is 0 Å². The molecule has 4 N–H and O–H groups in total. The Hall–Kier alpha value is -2.18. The van der Waals surface area contributed by atoms with E-state index in [-0.39, 0.29) is 70.6 Å². The van der Waals surface area contributed by atoms with E-state index in [1.807, 2.05) is 0 Å². The summed E-state index contributed by atoms with van der Waals surface area (Å²) in [7, 11) is 0. The number of ketones is 1. The molecular weight excluding hydrogens is 396 g/mol. The summed E-state index contributed by atoms with van der Waals surface area (Å²) >= 11 is 1.36. The van der Waals surface area contributed by atoms with E-state index in [1.165, 1.54) is 11.8 Å². The lowest BCUT2D eigenvalue weighted by atomic mass is 10.3. The number of rotatable bonds is 18. The van der Waals surface area contributed by atoms with Crippen LogP contribution in [0.4, 0.5) is 0 Å². The van der Waals surface area contributed by atoms with Crippen LogP contribution in [0.1, 0.15) is 19.3 Å². The van der Waals surface area contributed by atoms with Crippen molar-refractivity contribution >= 4 is 41.3 Å². The van der Waals surface area contributed by atoms with Gasteiger partial charge in [0.05, 0.1) is 39.4 Å². The molecule has 0 fully saturated rings. The van der Waals surface area contributed by atoms with E-state index in [0.717, 1.165) is 0 Å². The predicted molar refractivity (Wildman–Crippen MR) is 99.1 cm³/mol. The van der Waals surface area contributed by atoms with Crippen molar-refractivity contribution in [2.75, 3.05) is 51.0 Å². The summed E-state index contributed by atoms with van der Waals surface area (Å²) in [5, 5.41) is 21.9. The van der Waals surface area contributed by atoms with E-state index in [0.29, 0.717) is 11.5 Å². The number of hydrogen-bond donors (Lipinski definition) is 4. The van der Waals surface area contributed by atoms with E-state index in [2.05, 4.69) is 10.6 Å². The number of ether oxygens (including phenoxy) is 2. The third-order valence-corrected chi connectivity index (χ3v) is 4.02. The Balaban J connectivity index is 3.43. The second-order valence-electron chi connectivity index (χ2n) is 5.34. The van der Waals surface area contributed by atoms with Crippen LogP contribution < -0.4 is 10.6 Å². The number of carboxylic acids is 2. The van der Waals surface area contributed by atoms with Gasteiger partial charge in [-0.1, -0.05) is 0 Å². The minimum atomic E-state index is -1.48. The number of amides is 2. The Morgan fingerprint density at radius 3 is 2.04 bits per heavy atom. The molecule has 0 aromatic carbocycles. The summed E-state index contributed by atoms with van der Waals surface area (Å²) < 4.78 is 10.2. The fourth-order valence-electron chi connectivity index (χ4n) is 1.61. The zero-order valence-corrected chi connectivity index (χ0v) is 16.3. The second kappa shape index (κ2) is 17.0. The van der Waals surface area contributed by atoms with E-state index < -0.39 is 17.7 Å². The molecule has 0 aromatic heterocycles. The summed E-state index contributed by atoms with van der Waals surface area (Å²) in [6.45, 7) is 0.756. The van der Waals surface area contributed by atoms with E-state index in [9.17, 15) is 24.0 Å². The number of aliphatic carboxylic acids is 2. The highest BCUT2D eigenvalue weighted by molar-refractivity contribution is 7.99. The van der Waals surface area contributed by atoms with Crippen LogP contribution >= 0.6 is 11.8 Å². The van der Waals surface area contributed by atoms with Gasteiger partial charge >= 0.3 is 11.9 Å². The molecule has 0 saturated carbocycles. The molecule has 0 aromatic rings. The van der Waals surface area contributed by atoms with Gasteiger partial charge < -0.3 is 30.3 Å². The Morgan fingerprint density at radius 1 is 0.750 bits per heavy atom. The van der Waals surface area contributed by atoms with Crippen molar-refractivity contribution in [3.8, 4) is 0 Å². The second-order valence-corrected chi connectivity index (χ2v) is 6.56. The van der Waals surface area contributed by atoms with Gasteiger partial charge in [-0.15, -0.1) is 0 Å². The fourth-order valence-corrected chi connectivity index (χ4v) is 2.47. The SMILES string of the molecule is O=C(O)CCSCCC(=O)NCC(=O)NCCOCCOCCC(=O)C(=O)O. The van der Waals surface area contributed by atoms with Gasteiger partial charge in [-0.3, -0.25) is 19.2 Å². The molecule has 0 heterocycles. The van der Waals surface area contributed by atoms with Crippen molar-refractivity contribution in [1.29, 1.82) is 0 Å². The molecule has 0 atom stereocenters. The molecule has 0 bridgehead atoms. The zero-order chi connectivity index (χ0) is 21.2. The molecule has 0 spiro atoms. The molecule has 11 nitrogen and oxygen atoms in total. The van der Waals surface area contributed by atoms with Crippen LogP contribution in [0.25, 0.3) is 0 Å². The molecule has 0 aliphatic carbocycles. The lowest BCUT2D eigenvalue weighted by molar-refractivity contribution is -0.149. The van der Waals surface area contributed by atoms with Crippen LogP contribution in [0, 0.1) is 0 Å². The summed E-state index contributed by atoms with van der Waals surface area (Å²) in [4.78, 5) is 54.4. The number of Topliss-reactive ketones (excluding diaryl/α,β-unsaturated/α-hetero) is 1. The Labute approximate surface area is 166 Å². The van der Waals surface area contributed by atoms with Crippen molar-refractivity contribution in [2.45, 2.75) is 19.3 Å². The highest BCUT2D eigenvalue weighted by atomic mass is 32.2. The minimum absolute atomic E-state index is 0.00297. The van der Waals surface area contributed by atoms with Crippen LogP contribution in [0.5, 0.6) is 0 Å². The Kier molecular flexibility index (Phi) is 15.6. The first-order chi connectivity index (χ1) is 13.3. The van der Waals surface area contributed by atoms with Gasteiger partial charge in [0.2, 0.25) is 17.6 Å². The van der Waals surface area contributed by atoms with Crippen LogP contribution in [0.2, 0.25) is 0 Å². The number of carboxylic acid groups (broad SMARTS) is 2. The van der Waals surface area contributed by atoms with Crippen LogP contribution in [0.15, 0.2) is 0 Å². The molecule has 12 heteroatoms. The largest absolute Gasteiger partial charge is 0.481 e. The molecule has 2 amide bonds. The van der Waals surface area contributed by atoms with Crippen molar-refractivity contribution in [3.05, 3.63) is 0 Å². The van der Waals surface area contributed by atoms with Crippen molar-refractivity contribution in [2.24, 2.45) is 0 Å².